The summed E-state index contributed by atoms with van der Waals surface area (Å²) in [6, 6.07) is 1.96. The van der Waals surface area contributed by atoms with Crippen molar-refractivity contribution in [2.75, 3.05) is 33.5 Å². The van der Waals surface area contributed by atoms with Crippen molar-refractivity contribution in [2.45, 2.75) is 19.9 Å². The molecule has 0 bridgehead atoms. The zero-order chi connectivity index (χ0) is 18.6. The van der Waals surface area contributed by atoms with Gasteiger partial charge in [0, 0.05) is 12.1 Å². The Kier molecular flexibility index (Phi) is 6.50. The van der Waals surface area contributed by atoms with Gasteiger partial charge in [0.1, 0.15) is 0 Å². The van der Waals surface area contributed by atoms with E-state index in [0.29, 0.717) is 24.0 Å². The number of morpholine rings is 1. The zero-order valence-electron chi connectivity index (χ0n) is 14.5. The average Bonchev–Trinajstić information content (AvgIpc) is 2.59. The molecule has 138 valence electrons. The number of carboxylic acid groups (broad SMARTS) is 1. The van der Waals surface area contributed by atoms with E-state index >= 15 is 0 Å². The normalized spacial score (nSPS) is 17.5. The summed E-state index contributed by atoms with van der Waals surface area (Å²) in [5, 5.41) is 9.52. The Balaban J connectivity index is 2.30. The van der Waals surface area contributed by atoms with Gasteiger partial charge < -0.3 is 24.2 Å². The molecule has 0 saturated carbocycles. The standard InChI is InChI=1S/C17H22ClNO6/c1-10(2)8-25-15-12(18)6-11(7-14(15)23-3)16(20)19-4-5-24-9-13(19)17(21)22/h6-7,10,13H,4-5,8-9H2,1-3H3,(H,21,22). The summed E-state index contributed by atoms with van der Waals surface area (Å²) in [4.78, 5) is 25.4. The van der Waals surface area contributed by atoms with E-state index in [2.05, 4.69) is 0 Å². The van der Waals surface area contributed by atoms with Crippen molar-refractivity contribution in [2.24, 2.45) is 5.92 Å². The van der Waals surface area contributed by atoms with E-state index in [1.165, 1.54) is 24.1 Å². The minimum Gasteiger partial charge on any atom is -0.493 e. The van der Waals surface area contributed by atoms with Gasteiger partial charge in [0.25, 0.3) is 5.91 Å². The van der Waals surface area contributed by atoms with Gasteiger partial charge in [0.05, 0.1) is 32.0 Å². The fourth-order valence-electron chi connectivity index (χ4n) is 2.45. The number of benzene rings is 1. The van der Waals surface area contributed by atoms with Crippen molar-refractivity contribution >= 4 is 23.5 Å². The lowest BCUT2D eigenvalue weighted by Crippen LogP contribution is -2.52. The molecule has 25 heavy (non-hydrogen) atoms. The van der Waals surface area contributed by atoms with Crippen LogP contribution in [0.2, 0.25) is 5.02 Å². The number of carboxylic acids is 1. The van der Waals surface area contributed by atoms with Crippen LogP contribution in [-0.4, -0.2) is 61.4 Å². The Bertz CT molecular complexity index is 648. The highest BCUT2D eigenvalue weighted by atomic mass is 35.5. The Labute approximate surface area is 151 Å². The number of amides is 1. The number of ether oxygens (including phenoxy) is 3. The fourth-order valence-corrected chi connectivity index (χ4v) is 2.72. The van der Waals surface area contributed by atoms with Crippen LogP contribution in [0.15, 0.2) is 12.1 Å². The third kappa shape index (κ3) is 4.55. The quantitative estimate of drug-likeness (QED) is 0.825. The molecule has 1 unspecified atom stereocenters. The van der Waals surface area contributed by atoms with Crippen molar-refractivity contribution in [3.63, 3.8) is 0 Å². The smallest absolute Gasteiger partial charge is 0.328 e. The number of hydrogen-bond donors (Lipinski definition) is 1. The van der Waals surface area contributed by atoms with Crippen molar-refractivity contribution in [1.82, 2.24) is 4.90 Å². The topological polar surface area (TPSA) is 85.3 Å². The van der Waals surface area contributed by atoms with Gasteiger partial charge in [-0.3, -0.25) is 4.79 Å². The van der Waals surface area contributed by atoms with E-state index in [4.69, 9.17) is 25.8 Å². The molecule has 0 aromatic heterocycles. The van der Waals surface area contributed by atoms with Gasteiger partial charge in [0.15, 0.2) is 17.5 Å². The van der Waals surface area contributed by atoms with Gasteiger partial charge in [-0.2, -0.15) is 0 Å². The first-order valence-electron chi connectivity index (χ1n) is 7.97. The zero-order valence-corrected chi connectivity index (χ0v) is 15.2. The SMILES string of the molecule is COc1cc(C(=O)N2CCOCC2C(=O)O)cc(Cl)c1OCC(C)C. The molecule has 1 aliphatic heterocycles. The predicted molar refractivity (Wildman–Crippen MR) is 91.6 cm³/mol. The maximum absolute atomic E-state index is 12.8. The van der Waals surface area contributed by atoms with Crippen LogP contribution in [0.4, 0.5) is 0 Å². The van der Waals surface area contributed by atoms with Gasteiger partial charge in [-0.1, -0.05) is 25.4 Å². The second-order valence-electron chi connectivity index (χ2n) is 6.12. The van der Waals surface area contributed by atoms with Crippen LogP contribution >= 0.6 is 11.6 Å². The molecule has 1 amide bonds. The molecular weight excluding hydrogens is 350 g/mol. The van der Waals surface area contributed by atoms with E-state index in [1.807, 2.05) is 13.8 Å². The highest BCUT2D eigenvalue weighted by Crippen LogP contribution is 2.37. The molecular formula is C17H22ClNO6. The molecule has 2 rings (SSSR count). The van der Waals surface area contributed by atoms with Gasteiger partial charge in [0.2, 0.25) is 0 Å². The Morgan fingerprint density at radius 2 is 2.16 bits per heavy atom. The third-order valence-electron chi connectivity index (χ3n) is 3.71. The molecule has 1 aromatic rings. The number of nitrogens with zero attached hydrogens (tertiary/aromatic N) is 1. The number of halogens is 1. The highest BCUT2D eigenvalue weighted by Gasteiger charge is 2.33. The van der Waals surface area contributed by atoms with Crippen LogP contribution in [0.5, 0.6) is 11.5 Å². The lowest BCUT2D eigenvalue weighted by Gasteiger charge is -2.33. The maximum Gasteiger partial charge on any atom is 0.328 e. The van der Waals surface area contributed by atoms with Crippen molar-refractivity contribution in [3.05, 3.63) is 22.7 Å². The average molecular weight is 372 g/mol. The second-order valence-corrected chi connectivity index (χ2v) is 6.53. The molecule has 1 aromatic carbocycles. The third-order valence-corrected chi connectivity index (χ3v) is 3.99. The van der Waals surface area contributed by atoms with Crippen molar-refractivity contribution in [1.29, 1.82) is 0 Å². The van der Waals surface area contributed by atoms with Gasteiger partial charge in [-0.05, 0) is 18.1 Å². The molecule has 1 saturated heterocycles. The largest absolute Gasteiger partial charge is 0.493 e. The predicted octanol–water partition coefficient (Wildman–Crippen LogP) is 2.31. The first kappa shape index (κ1) is 19.3. The summed E-state index contributed by atoms with van der Waals surface area (Å²) in [6.07, 6.45) is 0. The fraction of sp³-hybridized carbons (Fsp3) is 0.529. The number of carbonyl (C=O) groups is 2. The molecule has 8 heteroatoms. The first-order valence-corrected chi connectivity index (χ1v) is 8.34. The monoisotopic (exact) mass is 371 g/mol. The van der Waals surface area contributed by atoms with Gasteiger partial charge in [-0.25, -0.2) is 4.79 Å². The maximum atomic E-state index is 12.8. The number of hydrogen-bond acceptors (Lipinski definition) is 5. The molecule has 1 fully saturated rings. The summed E-state index contributed by atoms with van der Waals surface area (Å²) in [5.41, 5.74) is 0.242. The highest BCUT2D eigenvalue weighted by molar-refractivity contribution is 6.32. The summed E-state index contributed by atoms with van der Waals surface area (Å²) in [7, 11) is 1.46. The molecule has 1 heterocycles. The van der Waals surface area contributed by atoms with Crippen molar-refractivity contribution in [3.8, 4) is 11.5 Å². The minimum absolute atomic E-state index is 0.0402. The summed E-state index contributed by atoms with van der Waals surface area (Å²) in [6.45, 7) is 4.90. The Morgan fingerprint density at radius 3 is 2.76 bits per heavy atom. The molecule has 0 spiro atoms. The van der Waals surface area contributed by atoms with Crippen LogP contribution in [0.25, 0.3) is 0 Å². The van der Waals surface area contributed by atoms with E-state index in [9.17, 15) is 14.7 Å². The molecule has 1 atom stereocenters. The van der Waals surface area contributed by atoms with Crippen LogP contribution in [0.1, 0.15) is 24.2 Å². The van der Waals surface area contributed by atoms with Crippen LogP contribution in [0.3, 0.4) is 0 Å². The number of carbonyl (C=O) groups excluding carboxylic acids is 1. The molecule has 0 radical (unpaired) electrons. The second kappa shape index (κ2) is 8.40. The molecule has 0 aliphatic carbocycles. The van der Waals surface area contributed by atoms with E-state index in [-0.39, 0.29) is 30.3 Å². The minimum atomic E-state index is -1.11. The lowest BCUT2D eigenvalue weighted by molar-refractivity contribution is -0.147. The number of rotatable bonds is 6. The van der Waals surface area contributed by atoms with Gasteiger partial charge in [-0.15, -0.1) is 0 Å². The van der Waals surface area contributed by atoms with E-state index < -0.39 is 17.9 Å². The summed E-state index contributed by atoms with van der Waals surface area (Å²) >= 11 is 6.26. The lowest BCUT2D eigenvalue weighted by atomic mass is 10.1. The Hall–Kier alpha value is -1.99. The van der Waals surface area contributed by atoms with E-state index in [1.54, 1.807) is 0 Å². The molecule has 1 N–H and O–H groups in total. The number of methoxy groups -OCH3 is 1. The molecule has 1 aliphatic rings. The molecule has 7 nitrogen and oxygen atoms in total. The van der Waals surface area contributed by atoms with Crippen LogP contribution in [-0.2, 0) is 9.53 Å². The first-order chi connectivity index (χ1) is 11.8. The van der Waals surface area contributed by atoms with E-state index in [0.717, 1.165) is 0 Å². The summed E-state index contributed by atoms with van der Waals surface area (Å²) < 4.78 is 16.1. The Morgan fingerprint density at radius 1 is 1.44 bits per heavy atom. The van der Waals surface area contributed by atoms with Crippen LogP contribution < -0.4 is 9.47 Å². The summed E-state index contributed by atoms with van der Waals surface area (Å²) in [5.74, 6) is -0.552. The van der Waals surface area contributed by atoms with Gasteiger partial charge >= 0.3 is 5.97 Å². The van der Waals surface area contributed by atoms with Crippen LogP contribution in [0, 0.1) is 5.92 Å². The number of aliphatic carboxylic acids is 1. The van der Waals surface area contributed by atoms with Crippen molar-refractivity contribution < 1.29 is 28.9 Å².